The quantitative estimate of drug-likeness (QED) is 0.596. The first-order chi connectivity index (χ1) is 6.52. The maximum absolute atomic E-state index is 10.3. The monoisotopic (exact) mass is 200 g/mol. The molecule has 0 aromatic carbocycles. The summed E-state index contributed by atoms with van der Waals surface area (Å²) in [5.74, 6) is -0.912. The highest BCUT2D eigenvalue weighted by molar-refractivity contribution is 5.67. The number of hydrogen-bond acceptors (Lipinski definition) is 4. The Morgan fingerprint density at radius 1 is 1.64 bits per heavy atom. The Hall–Kier alpha value is -1.40. The number of hydrogen-bond donors (Lipinski definition) is 3. The van der Waals surface area contributed by atoms with Crippen molar-refractivity contribution in [3.8, 4) is 0 Å². The van der Waals surface area contributed by atoms with Crippen molar-refractivity contribution in [1.29, 1.82) is 0 Å². The van der Waals surface area contributed by atoms with Crippen LogP contribution in [0.2, 0.25) is 0 Å². The zero-order valence-corrected chi connectivity index (χ0v) is 7.66. The van der Waals surface area contributed by atoms with E-state index in [1.165, 1.54) is 10.8 Å². The molecule has 0 aliphatic heterocycles. The van der Waals surface area contributed by atoms with Crippen molar-refractivity contribution in [1.82, 2.24) is 9.55 Å². The van der Waals surface area contributed by atoms with Crippen LogP contribution in [0, 0.1) is 0 Å². The first kappa shape index (κ1) is 10.7. The highest BCUT2D eigenvalue weighted by Gasteiger charge is 2.23. The summed E-state index contributed by atoms with van der Waals surface area (Å²) in [6.07, 6.45) is -0.0498. The highest BCUT2D eigenvalue weighted by atomic mass is 16.4. The van der Waals surface area contributed by atoms with Gasteiger partial charge < -0.3 is 19.9 Å². The van der Waals surface area contributed by atoms with E-state index in [-0.39, 0.29) is 5.82 Å². The SMILES string of the molecule is Cn1ccnc1C(O)C(O)CC(=O)O. The summed E-state index contributed by atoms with van der Waals surface area (Å²) in [5.41, 5.74) is 0. The molecule has 1 rings (SSSR count). The summed E-state index contributed by atoms with van der Waals surface area (Å²) in [4.78, 5) is 14.1. The van der Waals surface area contributed by atoms with Gasteiger partial charge in [0.2, 0.25) is 0 Å². The topological polar surface area (TPSA) is 95.6 Å². The van der Waals surface area contributed by atoms with Gasteiger partial charge in [-0.1, -0.05) is 0 Å². The molecule has 6 nitrogen and oxygen atoms in total. The lowest BCUT2D eigenvalue weighted by Gasteiger charge is -2.15. The second-order valence-electron chi connectivity index (χ2n) is 3.01. The molecule has 2 unspecified atom stereocenters. The van der Waals surface area contributed by atoms with Crippen molar-refractivity contribution in [3.63, 3.8) is 0 Å². The highest BCUT2D eigenvalue weighted by Crippen LogP contribution is 2.16. The second-order valence-corrected chi connectivity index (χ2v) is 3.01. The number of aryl methyl sites for hydroxylation is 1. The van der Waals surface area contributed by atoms with Crippen molar-refractivity contribution in [2.75, 3.05) is 0 Å². The second kappa shape index (κ2) is 4.21. The van der Waals surface area contributed by atoms with Gasteiger partial charge in [0.1, 0.15) is 11.9 Å². The number of carboxylic acid groups (broad SMARTS) is 1. The third-order valence-electron chi connectivity index (χ3n) is 1.87. The summed E-state index contributed by atoms with van der Waals surface area (Å²) < 4.78 is 1.52. The molecular weight excluding hydrogens is 188 g/mol. The zero-order chi connectivity index (χ0) is 10.7. The maximum Gasteiger partial charge on any atom is 0.306 e. The molecule has 1 heterocycles. The van der Waals surface area contributed by atoms with Gasteiger partial charge in [-0.15, -0.1) is 0 Å². The fourth-order valence-electron chi connectivity index (χ4n) is 1.12. The average molecular weight is 200 g/mol. The third-order valence-corrected chi connectivity index (χ3v) is 1.87. The summed E-state index contributed by atoms with van der Waals surface area (Å²) >= 11 is 0. The van der Waals surface area contributed by atoms with Crippen LogP contribution < -0.4 is 0 Å². The van der Waals surface area contributed by atoms with Crippen LogP contribution >= 0.6 is 0 Å². The summed E-state index contributed by atoms with van der Waals surface area (Å²) in [5, 5.41) is 27.2. The number of aliphatic carboxylic acids is 1. The van der Waals surface area contributed by atoms with Gasteiger partial charge in [0, 0.05) is 19.4 Å². The van der Waals surface area contributed by atoms with Gasteiger partial charge in [-0.2, -0.15) is 0 Å². The van der Waals surface area contributed by atoms with Gasteiger partial charge in [0.05, 0.1) is 12.5 Å². The first-order valence-corrected chi connectivity index (χ1v) is 4.07. The van der Waals surface area contributed by atoms with Crippen LogP contribution in [-0.4, -0.2) is 36.9 Å². The van der Waals surface area contributed by atoms with Crippen LogP contribution in [0.5, 0.6) is 0 Å². The number of aliphatic hydroxyl groups is 2. The molecule has 0 radical (unpaired) electrons. The molecule has 0 aliphatic carbocycles. The normalized spacial score (nSPS) is 15.1. The first-order valence-electron chi connectivity index (χ1n) is 4.07. The largest absolute Gasteiger partial charge is 0.481 e. The zero-order valence-electron chi connectivity index (χ0n) is 7.66. The molecular formula is C8H12N2O4. The standard InChI is InChI=1S/C8H12N2O4/c1-10-3-2-9-8(10)7(14)5(11)4-6(12)13/h2-3,5,7,11,14H,4H2,1H3,(H,12,13). The molecule has 6 heteroatoms. The van der Waals surface area contributed by atoms with Crippen LogP contribution in [0.25, 0.3) is 0 Å². The Bertz CT molecular complexity index is 323. The lowest BCUT2D eigenvalue weighted by atomic mass is 10.1. The molecule has 0 bridgehead atoms. The van der Waals surface area contributed by atoms with Crippen LogP contribution in [0.3, 0.4) is 0 Å². The van der Waals surface area contributed by atoms with E-state index < -0.39 is 24.6 Å². The average Bonchev–Trinajstić information content (AvgIpc) is 2.48. The van der Waals surface area contributed by atoms with Crippen molar-refractivity contribution < 1.29 is 20.1 Å². The van der Waals surface area contributed by atoms with E-state index in [1.807, 2.05) is 0 Å². The van der Waals surface area contributed by atoms with E-state index in [9.17, 15) is 15.0 Å². The van der Waals surface area contributed by atoms with Gasteiger partial charge in [0.25, 0.3) is 0 Å². The molecule has 14 heavy (non-hydrogen) atoms. The number of rotatable bonds is 4. The van der Waals surface area contributed by atoms with Gasteiger partial charge >= 0.3 is 5.97 Å². The lowest BCUT2D eigenvalue weighted by molar-refractivity contribution is -0.141. The predicted molar refractivity (Wildman–Crippen MR) is 46.4 cm³/mol. The molecule has 3 N–H and O–H groups in total. The number of imidazole rings is 1. The van der Waals surface area contributed by atoms with Crippen molar-refractivity contribution in [2.45, 2.75) is 18.6 Å². The van der Waals surface area contributed by atoms with Crippen molar-refractivity contribution in [2.24, 2.45) is 7.05 Å². The molecule has 1 aromatic rings. The Labute approximate surface area is 80.4 Å². The predicted octanol–water partition coefficient (Wildman–Crippen LogP) is -0.711. The van der Waals surface area contributed by atoms with Crippen LogP contribution in [-0.2, 0) is 11.8 Å². The van der Waals surface area contributed by atoms with E-state index in [0.29, 0.717) is 0 Å². The number of aromatic nitrogens is 2. The van der Waals surface area contributed by atoms with Crippen molar-refractivity contribution in [3.05, 3.63) is 18.2 Å². The number of carboxylic acids is 1. The Kier molecular flexibility index (Phi) is 3.21. The van der Waals surface area contributed by atoms with Crippen molar-refractivity contribution >= 4 is 5.97 Å². The maximum atomic E-state index is 10.3. The molecule has 0 fully saturated rings. The van der Waals surface area contributed by atoms with E-state index in [2.05, 4.69) is 4.98 Å². The minimum Gasteiger partial charge on any atom is -0.481 e. The Morgan fingerprint density at radius 3 is 2.71 bits per heavy atom. The van der Waals surface area contributed by atoms with Crippen LogP contribution in [0.1, 0.15) is 18.3 Å². The van der Waals surface area contributed by atoms with E-state index in [4.69, 9.17) is 5.11 Å². The molecule has 2 atom stereocenters. The molecule has 0 amide bonds. The third kappa shape index (κ3) is 2.30. The molecule has 1 aromatic heterocycles. The Balaban J connectivity index is 2.70. The summed E-state index contributed by atoms with van der Waals surface area (Å²) in [7, 11) is 1.65. The van der Waals surface area contributed by atoms with Crippen LogP contribution in [0.15, 0.2) is 12.4 Å². The molecule has 0 aliphatic rings. The number of carbonyl (C=O) groups is 1. The van der Waals surface area contributed by atoms with Gasteiger partial charge in [0.15, 0.2) is 0 Å². The minimum atomic E-state index is -1.34. The summed E-state index contributed by atoms with van der Waals surface area (Å²) in [6, 6.07) is 0. The molecule has 78 valence electrons. The number of aliphatic hydroxyl groups excluding tert-OH is 2. The molecule has 0 spiro atoms. The van der Waals surface area contributed by atoms with E-state index in [0.717, 1.165) is 0 Å². The van der Waals surface area contributed by atoms with Crippen LogP contribution in [0.4, 0.5) is 0 Å². The molecule has 0 saturated carbocycles. The minimum absolute atomic E-state index is 0.249. The fraction of sp³-hybridized carbons (Fsp3) is 0.500. The van der Waals surface area contributed by atoms with E-state index >= 15 is 0 Å². The van der Waals surface area contributed by atoms with E-state index in [1.54, 1.807) is 13.2 Å². The number of nitrogens with zero attached hydrogens (tertiary/aromatic N) is 2. The molecule has 0 saturated heterocycles. The van der Waals surface area contributed by atoms with Gasteiger partial charge in [-0.25, -0.2) is 4.98 Å². The Morgan fingerprint density at radius 2 is 2.29 bits per heavy atom. The lowest BCUT2D eigenvalue weighted by Crippen LogP contribution is -2.24. The smallest absolute Gasteiger partial charge is 0.306 e. The van der Waals surface area contributed by atoms with Gasteiger partial charge in [-0.3, -0.25) is 4.79 Å². The summed E-state index contributed by atoms with van der Waals surface area (Å²) in [6.45, 7) is 0. The fourth-order valence-corrected chi connectivity index (χ4v) is 1.12. The van der Waals surface area contributed by atoms with Gasteiger partial charge in [-0.05, 0) is 0 Å².